The van der Waals surface area contributed by atoms with E-state index in [2.05, 4.69) is 36.1 Å². The fraction of sp³-hybridized carbons (Fsp3) is 1.00. The molecule has 0 spiro atoms. The smallest absolute Gasteiger partial charge is 0.00219 e. The average Bonchev–Trinajstić information content (AvgIpc) is 2.77. The summed E-state index contributed by atoms with van der Waals surface area (Å²) in [6.45, 7) is 9.95. The van der Waals surface area contributed by atoms with Crippen LogP contribution in [0.15, 0.2) is 0 Å². The number of rotatable bonds is 4. The summed E-state index contributed by atoms with van der Waals surface area (Å²) in [5.74, 6) is 2.62. The van der Waals surface area contributed by atoms with Gasteiger partial charge in [0.2, 0.25) is 0 Å². The second-order valence-electron chi connectivity index (χ2n) is 6.03. The Morgan fingerprint density at radius 2 is 2.12 bits per heavy atom. The summed E-state index contributed by atoms with van der Waals surface area (Å²) in [6.07, 6.45) is 1.39. The van der Waals surface area contributed by atoms with E-state index >= 15 is 0 Å². The van der Waals surface area contributed by atoms with E-state index in [-0.39, 0.29) is 0 Å². The van der Waals surface area contributed by atoms with Gasteiger partial charge in [0.05, 0.1) is 0 Å². The molecule has 2 fully saturated rings. The van der Waals surface area contributed by atoms with E-state index in [0.717, 1.165) is 17.8 Å². The summed E-state index contributed by atoms with van der Waals surface area (Å²) in [5, 5.41) is 3.49. The van der Waals surface area contributed by atoms with E-state index in [4.69, 9.17) is 0 Å². The quantitative estimate of drug-likeness (QED) is 0.761. The molecule has 3 heteroatoms. The first kappa shape index (κ1) is 12.3. The first-order chi connectivity index (χ1) is 7.65. The molecule has 0 bridgehead atoms. The molecule has 1 unspecified atom stereocenters. The lowest BCUT2D eigenvalue weighted by molar-refractivity contribution is 0.225. The van der Waals surface area contributed by atoms with Gasteiger partial charge in [-0.1, -0.05) is 6.92 Å². The topological polar surface area (TPSA) is 18.5 Å². The number of nitrogens with zero attached hydrogens (tertiary/aromatic N) is 2. The summed E-state index contributed by atoms with van der Waals surface area (Å²) >= 11 is 0. The molecule has 16 heavy (non-hydrogen) atoms. The van der Waals surface area contributed by atoms with Gasteiger partial charge >= 0.3 is 0 Å². The lowest BCUT2D eigenvalue weighted by Gasteiger charge is -2.25. The molecule has 0 radical (unpaired) electrons. The van der Waals surface area contributed by atoms with Crippen LogP contribution < -0.4 is 5.32 Å². The van der Waals surface area contributed by atoms with Crippen LogP contribution in [-0.4, -0.2) is 63.2 Å². The summed E-state index contributed by atoms with van der Waals surface area (Å²) in [7, 11) is 4.53. The van der Waals surface area contributed by atoms with Crippen LogP contribution >= 0.6 is 0 Å². The highest BCUT2D eigenvalue weighted by Crippen LogP contribution is 2.19. The number of nitrogens with one attached hydrogen (secondary N) is 1. The first-order valence-electron chi connectivity index (χ1n) is 6.73. The van der Waals surface area contributed by atoms with Gasteiger partial charge in [0.15, 0.2) is 0 Å². The fourth-order valence-electron chi connectivity index (χ4n) is 3.20. The molecule has 3 nitrogen and oxygen atoms in total. The van der Waals surface area contributed by atoms with Crippen LogP contribution in [0.2, 0.25) is 0 Å². The van der Waals surface area contributed by atoms with Crippen LogP contribution in [0.4, 0.5) is 0 Å². The monoisotopic (exact) mass is 225 g/mol. The number of hydrogen-bond donors (Lipinski definition) is 1. The van der Waals surface area contributed by atoms with E-state index in [1.165, 1.54) is 45.7 Å². The number of likely N-dealkylation sites (tertiary alicyclic amines) is 1. The van der Waals surface area contributed by atoms with Crippen LogP contribution in [0.5, 0.6) is 0 Å². The van der Waals surface area contributed by atoms with Crippen LogP contribution in [-0.2, 0) is 0 Å². The normalized spacial score (nSPS) is 36.4. The minimum atomic E-state index is 0.855. The van der Waals surface area contributed by atoms with Crippen LogP contribution in [0.25, 0.3) is 0 Å². The maximum absolute atomic E-state index is 3.49. The molecule has 2 saturated heterocycles. The zero-order chi connectivity index (χ0) is 11.5. The highest BCUT2D eigenvalue weighted by molar-refractivity contribution is 4.81. The van der Waals surface area contributed by atoms with Gasteiger partial charge in [-0.15, -0.1) is 0 Å². The van der Waals surface area contributed by atoms with Gasteiger partial charge in [0.1, 0.15) is 0 Å². The largest absolute Gasteiger partial charge is 0.316 e. The molecule has 0 aliphatic carbocycles. The third-order valence-corrected chi connectivity index (χ3v) is 4.28. The van der Waals surface area contributed by atoms with Crippen molar-refractivity contribution in [2.75, 3.05) is 53.4 Å². The van der Waals surface area contributed by atoms with Crippen molar-refractivity contribution in [2.45, 2.75) is 13.3 Å². The molecular weight excluding hydrogens is 198 g/mol. The second-order valence-corrected chi connectivity index (χ2v) is 6.03. The second kappa shape index (κ2) is 5.48. The molecule has 2 rings (SSSR count). The standard InChI is InChI=1S/C13H27N3/c1-11-6-14-7-13(11)10-16(3)9-12-4-5-15(2)8-12/h11-14H,4-10H2,1-3H3/t11-,12?,13+/m1/s1. The van der Waals surface area contributed by atoms with Gasteiger partial charge in [-0.05, 0) is 57.9 Å². The van der Waals surface area contributed by atoms with Crippen molar-refractivity contribution in [3.05, 3.63) is 0 Å². The average molecular weight is 225 g/mol. The maximum atomic E-state index is 3.49. The zero-order valence-electron chi connectivity index (χ0n) is 11.1. The van der Waals surface area contributed by atoms with E-state index in [9.17, 15) is 0 Å². The van der Waals surface area contributed by atoms with Gasteiger partial charge in [0, 0.05) is 19.6 Å². The maximum Gasteiger partial charge on any atom is 0.00219 e. The Kier molecular flexibility index (Phi) is 4.22. The van der Waals surface area contributed by atoms with Crippen molar-refractivity contribution in [2.24, 2.45) is 17.8 Å². The number of hydrogen-bond acceptors (Lipinski definition) is 3. The van der Waals surface area contributed by atoms with Crippen molar-refractivity contribution in [3.8, 4) is 0 Å². The lowest BCUT2D eigenvalue weighted by Crippen LogP contribution is -2.33. The predicted octanol–water partition coefficient (Wildman–Crippen LogP) is 0.725. The van der Waals surface area contributed by atoms with E-state index < -0.39 is 0 Å². The zero-order valence-corrected chi connectivity index (χ0v) is 11.1. The third-order valence-electron chi connectivity index (χ3n) is 4.28. The van der Waals surface area contributed by atoms with Gasteiger partial charge < -0.3 is 15.1 Å². The SMILES string of the molecule is C[C@@H]1CNC[C@H]1CN(C)CC1CCN(C)C1. The van der Waals surface area contributed by atoms with E-state index in [0.29, 0.717) is 0 Å². The Hall–Kier alpha value is -0.120. The lowest BCUT2D eigenvalue weighted by atomic mass is 9.97. The molecule has 2 aliphatic rings. The molecular formula is C13H27N3. The van der Waals surface area contributed by atoms with Gasteiger partial charge in [-0.2, -0.15) is 0 Å². The summed E-state index contributed by atoms with van der Waals surface area (Å²) in [4.78, 5) is 5.01. The van der Waals surface area contributed by atoms with E-state index in [1.54, 1.807) is 0 Å². The minimum Gasteiger partial charge on any atom is -0.316 e. The molecule has 0 saturated carbocycles. The summed E-state index contributed by atoms with van der Waals surface area (Å²) in [5.41, 5.74) is 0. The molecule has 94 valence electrons. The Balaban J connectivity index is 1.69. The molecule has 2 aliphatic heterocycles. The molecule has 0 amide bonds. The fourth-order valence-corrected chi connectivity index (χ4v) is 3.20. The molecule has 0 aromatic rings. The minimum absolute atomic E-state index is 0.855. The third kappa shape index (κ3) is 3.19. The first-order valence-corrected chi connectivity index (χ1v) is 6.73. The van der Waals surface area contributed by atoms with Gasteiger partial charge in [-0.3, -0.25) is 0 Å². The Bertz CT molecular complexity index is 219. The highest BCUT2D eigenvalue weighted by Gasteiger charge is 2.26. The van der Waals surface area contributed by atoms with Crippen LogP contribution in [0.3, 0.4) is 0 Å². The summed E-state index contributed by atoms with van der Waals surface area (Å²) < 4.78 is 0. The van der Waals surface area contributed by atoms with Crippen molar-refractivity contribution in [1.82, 2.24) is 15.1 Å². The molecule has 0 aromatic carbocycles. The van der Waals surface area contributed by atoms with Crippen molar-refractivity contribution in [1.29, 1.82) is 0 Å². The molecule has 2 heterocycles. The van der Waals surface area contributed by atoms with Crippen molar-refractivity contribution in [3.63, 3.8) is 0 Å². The predicted molar refractivity (Wildman–Crippen MR) is 68.6 cm³/mol. The summed E-state index contributed by atoms with van der Waals surface area (Å²) in [6, 6.07) is 0. The van der Waals surface area contributed by atoms with Gasteiger partial charge in [-0.25, -0.2) is 0 Å². The van der Waals surface area contributed by atoms with Crippen molar-refractivity contribution >= 4 is 0 Å². The molecule has 0 aromatic heterocycles. The van der Waals surface area contributed by atoms with Gasteiger partial charge in [0.25, 0.3) is 0 Å². The molecule has 3 atom stereocenters. The van der Waals surface area contributed by atoms with Crippen molar-refractivity contribution < 1.29 is 0 Å². The van der Waals surface area contributed by atoms with Crippen LogP contribution in [0.1, 0.15) is 13.3 Å². The Labute approximate surface area is 100 Å². The Morgan fingerprint density at radius 1 is 1.31 bits per heavy atom. The van der Waals surface area contributed by atoms with E-state index in [1.807, 2.05) is 0 Å². The molecule has 1 N–H and O–H groups in total. The Morgan fingerprint density at radius 3 is 2.69 bits per heavy atom. The van der Waals surface area contributed by atoms with Crippen LogP contribution in [0, 0.1) is 17.8 Å². The highest BCUT2D eigenvalue weighted by atomic mass is 15.2.